The number of carboxylic acids is 1. The summed E-state index contributed by atoms with van der Waals surface area (Å²) in [5.74, 6) is -0.440. The van der Waals surface area contributed by atoms with E-state index in [1.165, 1.54) is 7.11 Å². The van der Waals surface area contributed by atoms with E-state index in [2.05, 4.69) is 0 Å². The van der Waals surface area contributed by atoms with Crippen LogP contribution in [-0.4, -0.2) is 18.2 Å². The fourth-order valence-corrected chi connectivity index (χ4v) is 1.95. The van der Waals surface area contributed by atoms with Gasteiger partial charge in [0.1, 0.15) is 5.75 Å². The van der Waals surface area contributed by atoms with Crippen LogP contribution in [0.5, 0.6) is 5.75 Å². The van der Waals surface area contributed by atoms with Gasteiger partial charge in [0.05, 0.1) is 13.5 Å². The Labute approximate surface area is 99.0 Å². The highest BCUT2D eigenvalue weighted by Gasteiger charge is 2.19. The first kappa shape index (κ1) is 12.8. The van der Waals surface area contributed by atoms with E-state index >= 15 is 0 Å². The number of halogens is 1. The molecule has 0 aliphatic heterocycles. The number of carboxylic acid groups (broad SMARTS) is 1. The smallest absolute Gasteiger partial charge is 0.305 e. The summed E-state index contributed by atoms with van der Waals surface area (Å²) in [5, 5.41) is 9.13. The third-order valence-corrected chi connectivity index (χ3v) is 2.53. The molecule has 0 aliphatic rings. The molecule has 1 aromatic carbocycles. The maximum absolute atomic E-state index is 10.6. The lowest BCUT2D eigenvalue weighted by atomic mass is 10.0. The standard InChI is InChI=1S/C11H14ClNO3/c1-6-3-7(12)11(9(4-6)16-2)8(13)5-10(14)15/h3-4,8H,5,13H2,1-2H3,(H,14,15). The molecule has 0 spiro atoms. The number of hydrogen-bond donors (Lipinski definition) is 2. The molecule has 0 saturated heterocycles. The normalized spacial score (nSPS) is 12.2. The highest BCUT2D eigenvalue weighted by molar-refractivity contribution is 6.31. The molecule has 0 heterocycles. The van der Waals surface area contributed by atoms with Crippen molar-refractivity contribution in [2.45, 2.75) is 19.4 Å². The first-order valence-corrected chi connectivity index (χ1v) is 5.15. The van der Waals surface area contributed by atoms with Crippen LogP contribution in [0.25, 0.3) is 0 Å². The van der Waals surface area contributed by atoms with E-state index in [0.717, 1.165) is 5.56 Å². The number of aliphatic carboxylic acids is 1. The molecule has 1 aromatic rings. The molecular weight excluding hydrogens is 230 g/mol. The Hall–Kier alpha value is -1.26. The van der Waals surface area contributed by atoms with Crippen molar-refractivity contribution in [3.05, 3.63) is 28.3 Å². The van der Waals surface area contributed by atoms with E-state index in [1.54, 1.807) is 12.1 Å². The summed E-state index contributed by atoms with van der Waals surface area (Å²) in [6, 6.07) is 2.85. The van der Waals surface area contributed by atoms with Crippen LogP contribution in [0.2, 0.25) is 5.02 Å². The van der Waals surface area contributed by atoms with Crippen LogP contribution in [0.1, 0.15) is 23.6 Å². The molecule has 88 valence electrons. The Morgan fingerprint density at radius 2 is 2.25 bits per heavy atom. The molecule has 1 unspecified atom stereocenters. The van der Waals surface area contributed by atoms with Crippen molar-refractivity contribution in [1.82, 2.24) is 0 Å². The highest BCUT2D eigenvalue weighted by atomic mass is 35.5. The highest BCUT2D eigenvalue weighted by Crippen LogP contribution is 2.33. The Kier molecular flexibility index (Phi) is 4.15. The monoisotopic (exact) mass is 243 g/mol. The molecule has 0 fully saturated rings. The van der Waals surface area contributed by atoms with Gasteiger partial charge in [0.15, 0.2) is 0 Å². The van der Waals surface area contributed by atoms with Crippen molar-refractivity contribution in [3.8, 4) is 5.75 Å². The second-order valence-electron chi connectivity index (χ2n) is 3.57. The lowest BCUT2D eigenvalue weighted by Gasteiger charge is -2.16. The van der Waals surface area contributed by atoms with Gasteiger partial charge in [-0.2, -0.15) is 0 Å². The average Bonchev–Trinajstić information content (AvgIpc) is 2.14. The van der Waals surface area contributed by atoms with Gasteiger partial charge < -0.3 is 15.6 Å². The van der Waals surface area contributed by atoms with Gasteiger partial charge in [-0.05, 0) is 24.6 Å². The first-order chi connectivity index (χ1) is 7.45. The summed E-state index contributed by atoms with van der Waals surface area (Å²) >= 11 is 6.04. The van der Waals surface area contributed by atoms with Crippen LogP contribution in [0.15, 0.2) is 12.1 Å². The maximum Gasteiger partial charge on any atom is 0.305 e. The zero-order valence-electron chi connectivity index (χ0n) is 9.16. The molecule has 0 radical (unpaired) electrons. The Morgan fingerprint density at radius 1 is 1.62 bits per heavy atom. The summed E-state index contributed by atoms with van der Waals surface area (Å²) < 4.78 is 5.15. The van der Waals surface area contributed by atoms with Crippen LogP contribution in [0.4, 0.5) is 0 Å². The van der Waals surface area contributed by atoms with Gasteiger partial charge in [-0.3, -0.25) is 4.79 Å². The Bertz CT molecular complexity index is 406. The third-order valence-electron chi connectivity index (χ3n) is 2.22. The van der Waals surface area contributed by atoms with Gasteiger partial charge in [-0.1, -0.05) is 11.6 Å². The summed E-state index contributed by atoms with van der Waals surface area (Å²) in [4.78, 5) is 10.6. The predicted octanol–water partition coefficient (Wildman–Crippen LogP) is 2.13. The van der Waals surface area contributed by atoms with E-state index in [0.29, 0.717) is 16.3 Å². The molecule has 1 atom stereocenters. The number of nitrogens with two attached hydrogens (primary N) is 1. The average molecular weight is 244 g/mol. The summed E-state index contributed by atoms with van der Waals surface area (Å²) in [5.41, 5.74) is 7.26. The van der Waals surface area contributed by atoms with E-state index in [4.69, 9.17) is 27.2 Å². The second kappa shape index (κ2) is 5.18. The van der Waals surface area contributed by atoms with Crippen molar-refractivity contribution in [1.29, 1.82) is 0 Å². The Morgan fingerprint density at radius 3 is 2.75 bits per heavy atom. The molecule has 3 N–H and O–H groups in total. The SMILES string of the molecule is COc1cc(C)cc(Cl)c1C(N)CC(=O)O. The minimum absolute atomic E-state index is 0.181. The number of benzene rings is 1. The molecule has 5 heteroatoms. The van der Waals surface area contributed by atoms with Gasteiger partial charge in [-0.25, -0.2) is 0 Å². The van der Waals surface area contributed by atoms with Gasteiger partial charge in [0.25, 0.3) is 0 Å². The van der Waals surface area contributed by atoms with Crippen LogP contribution < -0.4 is 10.5 Å². The van der Waals surface area contributed by atoms with Crippen LogP contribution >= 0.6 is 11.6 Å². The zero-order chi connectivity index (χ0) is 12.3. The first-order valence-electron chi connectivity index (χ1n) is 4.77. The van der Waals surface area contributed by atoms with Gasteiger partial charge in [0, 0.05) is 16.6 Å². The van der Waals surface area contributed by atoms with Gasteiger partial charge in [0.2, 0.25) is 0 Å². The molecule has 0 saturated carbocycles. The largest absolute Gasteiger partial charge is 0.496 e. The molecule has 1 rings (SSSR count). The second-order valence-corrected chi connectivity index (χ2v) is 3.97. The number of carbonyl (C=O) groups is 1. The molecule has 0 bridgehead atoms. The third kappa shape index (κ3) is 2.87. The van der Waals surface area contributed by atoms with Crippen molar-refractivity contribution < 1.29 is 14.6 Å². The fraction of sp³-hybridized carbons (Fsp3) is 0.364. The Balaban J connectivity index is 3.15. The number of ether oxygens (including phenoxy) is 1. The molecule has 16 heavy (non-hydrogen) atoms. The molecule has 4 nitrogen and oxygen atoms in total. The van der Waals surface area contributed by atoms with Crippen LogP contribution in [0.3, 0.4) is 0 Å². The topological polar surface area (TPSA) is 72.5 Å². The molecule has 0 aliphatic carbocycles. The van der Waals surface area contributed by atoms with Crippen molar-refractivity contribution in [2.75, 3.05) is 7.11 Å². The predicted molar refractivity (Wildman–Crippen MR) is 61.9 cm³/mol. The van der Waals surface area contributed by atoms with E-state index in [-0.39, 0.29) is 6.42 Å². The van der Waals surface area contributed by atoms with E-state index < -0.39 is 12.0 Å². The van der Waals surface area contributed by atoms with Crippen LogP contribution in [0, 0.1) is 6.92 Å². The van der Waals surface area contributed by atoms with Crippen LogP contribution in [-0.2, 0) is 4.79 Å². The quantitative estimate of drug-likeness (QED) is 0.850. The lowest BCUT2D eigenvalue weighted by molar-refractivity contribution is -0.137. The zero-order valence-corrected chi connectivity index (χ0v) is 9.91. The summed E-state index contributed by atoms with van der Waals surface area (Å²) in [6.07, 6.45) is -0.181. The minimum Gasteiger partial charge on any atom is -0.496 e. The molecule has 0 amide bonds. The molecule has 0 aromatic heterocycles. The van der Waals surface area contributed by atoms with Gasteiger partial charge in [-0.15, -0.1) is 0 Å². The fourth-order valence-electron chi connectivity index (χ4n) is 1.54. The van der Waals surface area contributed by atoms with Gasteiger partial charge >= 0.3 is 5.97 Å². The summed E-state index contributed by atoms with van der Waals surface area (Å²) in [6.45, 7) is 1.88. The molecular formula is C11H14ClNO3. The number of rotatable bonds is 4. The summed E-state index contributed by atoms with van der Waals surface area (Å²) in [7, 11) is 1.50. The maximum atomic E-state index is 10.6. The minimum atomic E-state index is -0.966. The number of hydrogen-bond acceptors (Lipinski definition) is 3. The van der Waals surface area contributed by atoms with Crippen molar-refractivity contribution in [2.24, 2.45) is 5.73 Å². The number of aryl methyl sites for hydroxylation is 1. The number of methoxy groups -OCH3 is 1. The van der Waals surface area contributed by atoms with Crippen molar-refractivity contribution in [3.63, 3.8) is 0 Å². The van der Waals surface area contributed by atoms with Crippen molar-refractivity contribution >= 4 is 17.6 Å². The van der Waals surface area contributed by atoms with E-state index in [9.17, 15) is 4.79 Å². The van der Waals surface area contributed by atoms with E-state index in [1.807, 2.05) is 6.92 Å². The lowest BCUT2D eigenvalue weighted by Crippen LogP contribution is -2.16.